The standard InChI is InChI=1S/C16H16O3/c1-3-18-14-5-4-6-15(10-14)19-16-9-13(11-17)8-7-12(16)2/h4-11H,3H2,1-2H3. The third-order valence-corrected chi connectivity index (χ3v) is 2.69. The molecule has 0 fully saturated rings. The normalized spacial score (nSPS) is 10.0. The van der Waals surface area contributed by atoms with E-state index in [1.165, 1.54) is 0 Å². The molecule has 0 aromatic heterocycles. The lowest BCUT2D eigenvalue weighted by molar-refractivity contribution is 0.112. The van der Waals surface area contributed by atoms with Gasteiger partial charge in [-0.05, 0) is 37.6 Å². The van der Waals surface area contributed by atoms with E-state index in [-0.39, 0.29) is 0 Å². The van der Waals surface area contributed by atoms with Gasteiger partial charge in [0, 0.05) is 11.6 Å². The van der Waals surface area contributed by atoms with Crippen LogP contribution in [0, 0.1) is 6.92 Å². The Balaban J connectivity index is 2.25. The summed E-state index contributed by atoms with van der Waals surface area (Å²) in [4.78, 5) is 10.8. The minimum atomic E-state index is 0.599. The summed E-state index contributed by atoms with van der Waals surface area (Å²) in [5.74, 6) is 2.14. The zero-order valence-electron chi connectivity index (χ0n) is 11.1. The number of ether oxygens (including phenoxy) is 2. The predicted octanol–water partition coefficient (Wildman–Crippen LogP) is 4.00. The van der Waals surface area contributed by atoms with Crippen LogP contribution in [0.3, 0.4) is 0 Å². The third kappa shape index (κ3) is 3.35. The number of benzene rings is 2. The van der Waals surface area contributed by atoms with Crippen LogP contribution in [-0.4, -0.2) is 12.9 Å². The molecule has 0 amide bonds. The second-order valence-corrected chi connectivity index (χ2v) is 4.15. The second kappa shape index (κ2) is 6.05. The van der Waals surface area contributed by atoms with Crippen LogP contribution in [0.4, 0.5) is 0 Å². The molecule has 0 atom stereocenters. The first-order chi connectivity index (χ1) is 9.22. The quantitative estimate of drug-likeness (QED) is 0.758. The summed E-state index contributed by atoms with van der Waals surface area (Å²) in [5.41, 5.74) is 1.58. The van der Waals surface area contributed by atoms with E-state index in [0.29, 0.717) is 23.7 Å². The molecule has 0 aliphatic heterocycles. The van der Waals surface area contributed by atoms with Crippen LogP contribution in [0.25, 0.3) is 0 Å². The lowest BCUT2D eigenvalue weighted by atomic mass is 10.1. The highest BCUT2D eigenvalue weighted by Crippen LogP contribution is 2.28. The molecule has 0 spiro atoms. The van der Waals surface area contributed by atoms with Gasteiger partial charge in [0.05, 0.1) is 6.61 Å². The SMILES string of the molecule is CCOc1cccc(Oc2cc(C=O)ccc2C)c1. The fourth-order valence-corrected chi connectivity index (χ4v) is 1.72. The van der Waals surface area contributed by atoms with Crippen molar-refractivity contribution in [2.75, 3.05) is 6.61 Å². The second-order valence-electron chi connectivity index (χ2n) is 4.15. The lowest BCUT2D eigenvalue weighted by Gasteiger charge is -2.10. The number of aldehydes is 1. The first-order valence-electron chi connectivity index (χ1n) is 6.19. The van der Waals surface area contributed by atoms with Gasteiger partial charge in [0.1, 0.15) is 23.5 Å². The van der Waals surface area contributed by atoms with E-state index in [4.69, 9.17) is 9.47 Å². The molecule has 0 heterocycles. The van der Waals surface area contributed by atoms with E-state index >= 15 is 0 Å². The molecule has 0 unspecified atom stereocenters. The summed E-state index contributed by atoms with van der Waals surface area (Å²) in [5, 5.41) is 0. The highest BCUT2D eigenvalue weighted by molar-refractivity contribution is 5.76. The largest absolute Gasteiger partial charge is 0.494 e. The maximum Gasteiger partial charge on any atom is 0.150 e. The number of hydrogen-bond acceptors (Lipinski definition) is 3. The summed E-state index contributed by atoms with van der Waals surface area (Å²) in [7, 11) is 0. The van der Waals surface area contributed by atoms with Crippen LogP contribution in [0.5, 0.6) is 17.2 Å². The van der Waals surface area contributed by atoms with Gasteiger partial charge in [0.15, 0.2) is 0 Å². The summed E-state index contributed by atoms with van der Waals surface area (Å²) in [6.07, 6.45) is 0.808. The Hall–Kier alpha value is -2.29. The highest BCUT2D eigenvalue weighted by Gasteiger charge is 2.04. The van der Waals surface area contributed by atoms with Crippen LogP contribution >= 0.6 is 0 Å². The fraction of sp³-hybridized carbons (Fsp3) is 0.188. The van der Waals surface area contributed by atoms with E-state index in [2.05, 4.69) is 0 Å². The molecule has 0 aliphatic rings. The minimum Gasteiger partial charge on any atom is -0.494 e. The Morgan fingerprint density at radius 3 is 2.63 bits per heavy atom. The van der Waals surface area contributed by atoms with Gasteiger partial charge in [-0.1, -0.05) is 18.2 Å². The van der Waals surface area contributed by atoms with Gasteiger partial charge < -0.3 is 9.47 Å². The van der Waals surface area contributed by atoms with Crippen molar-refractivity contribution in [1.82, 2.24) is 0 Å². The van der Waals surface area contributed by atoms with E-state index in [0.717, 1.165) is 17.6 Å². The molecule has 3 nitrogen and oxygen atoms in total. The van der Waals surface area contributed by atoms with Crippen LogP contribution < -0.4 is 9.47 Å². The van der Waals surface area contributed by atoms with Gasteiger partial charge in [-0.3, -0.25) is 4.79 Å². The van der Waals surface area contributed by atoms with Crippen LogP contribution in [0.1, 0.15) is 22.8 Å². The van der Waals surface area contributed by atoms with Gasteiger partial charge in [0.25, 0.3) is 0 Å². The van der Waals surface area contributed by atoms with Crippen LogP contribution in [-0.2, 0) is 0 Å². The van der Waals surface area contributed by atoms with Crippen molar-refractivity contribution >= 4 is 6.29 Å². The molecular formula is C16H16O3. The predicted molar refractivity (Wildman–Crippen MR) is 74.3 cm³/mol. The number of hydrogen-bond donors (Lipinski definition) is 0. The molecular weight excluding hydrogens is 240 g/mol. The van der Waals surface area contributed by atoms with Gasteiger partial charge in [-0.25, -0.2) is 0 Å². The van der Waals surface area contributed by atoms with Crippen molar-refractivity contribution in [3.05, 3.63) is 53.6 Å². The van der Waals surface area contributed by atoms with Gasteiger partial charge in [-0.2, -0.15) is 0 Å². The van der Waals surface area contributed by atoms with Gasteiger partial charge in [-0.15, -0.1) is 0 Å². The molecule has 2 rings (SSSR count). The third-order valence-electron chi connectivity index (χ3n) is 2.69. The Labute approximate surface area is 112 Å². The van der Waals surface area contributed by atoms with Crippen molar-refractivity contribution in [2.45, 2.75) is 13.8 Å². The van der Waals surface area contributed by atoms with E-state index in [1.54, 1.807) is 12.1 Å². The molecule has 0 saturated carbocycles. The number of carbonyl (C=O) groups is 1. The van der Waals surface area contributed by atoms with Crippen molar-refractivity contribution in [3.8, 4) is 17.2 Å². The Morgan fingerprint density at radius 1 is 1.11 bits per heavy atom. The van der Waals surface area contributed by atoms with Crippen LogP contribution in [0.15, 0.2) is 42.5 Å². The maximum atomic E-state index is 10.8. The van der Waals surface area contributed by atoms with Crippen molar-refractivity contribution < 1.29 is 14.3 Å². The van der Waals surface area contributed by atoms with Crippen molar-refractivity contribution in [3.63, 3.8) is 0 Å². The van der Waals surface area contributed by atoms with Crippen LogP contribution in [0.2, 0.25) is 0 Å². The maximum absolute atomic E-state index is 10.8. The van der Waals surface area contributed by atoms with Crippen molar-refractivity contribution in [2.24, 2.45) is 0 Å². The molecule has 0 N–H and O–H groups in total. The van der Waals surface area contributed by atoms with E-state index in [1.807, 2.05) is 44.2 Å². The number of rotatable bonds is 5. The van der Waals surface area contributed by atoms with E-state index < -0.39 is 0 Å². The van der Waals surface area contributed by atoms with E-state index in [9.17, 15) is 4.79 Å². The summed E-state index contributed by atoms with van der Waals surface area (Å²) in [6.45, 7) is 4.49. The summed E-state index contributed by atoms with van der Waals surface area (Å²) in [6, 6.07) is 12.8. The molecule has 0 aliphatic carbocycles. The Kier molecular flexibility index (Phi) is 4.18. The monoisotopic (exact) mass is 256 g/mol. The summed E-state index contributed by atoms with van der Waals surface area (Å²) >= 11 is 0. The molecule has 3 heteroatoms. The molecule has 2 aromatic rings. The fourth-order valence-electron chi connectivity index (χ4n) is 1.72. The molecule has 0 saturated heterocycles. The first kappa shape index (κ1) is 13.1. The Bertz CT molecular complexity index is 576. The highest BCUT2D eigenvalue weighted by atomic mass is 16.5. The molecule has 0 bridgehead atoms. The average molecular weight is 256 g/mol. The molecule has 98 valence electrons. The number of aryl methyl sites for hydroxylation is 1. The smallest absolute Gasteiger partial charge is 0.150 e. The molecule has 19 heavy (non-hydrogen) atoms. The van der Waals surface area contributed by atoms with Crippen molar-refractivity contribution in [1.29, 1.82) is 0 Å². The Morgan fingerprint density at radius 2 is 1.89 bits per heavy atom. The lowest BCUT2D eigenvalue weighted by Crippen LogP contribution is -1.93. The minimum absolute atomic E-state index is 0.599. The topological polar surface area (TPSA) is 35.5 Å². The average Bonchev–Trinajstić information content (AvgIpc) is 2.42. The van der Waals surface area contributed by atoms with Gasteiger partial charge >= 0.3 is 0 Å². The number of carbonyl (C=O) groups excluding carboxylic acids is 1. The summed E-state index contributed by atoms with van der Waals surface area (Å²) < 4.78 is 11.2. The molecule has 2 aromatic carbocycles. The zero-order chi connectivity index (χ0) is 13.7. The zero-order valence-corrected chi connectivity index (χ0v) is 11.1. The first-order valence-corrected chi connectivity index (χ1v) is 6.19. The van der Waals surface area contributed by atoms with Gasteiger partial charge in [0.2, 0.25) is 0 Å². The molecule has 0 radical (unpaired) electrons.